The summed E-state index contributed by atoms with van der Waals surface area (Å²) in [6, 6.07) is 7.95. The Bertz CT molecular complexity index is 546. The highest BCUT2D eigenvalue weighted by molar-refractivity contribution is 5.78. The van der Waals surface area contributed by atoms with E-state index >= 15 is 0 Å². The summed E-state index contributed by atoms with van der Waals surface area (Å²) in [4.78, 5) is 15.8. The summed E-state index contributed by atoms with van der Waals surface area (Å²) in [5.74, 6) is 1.16. The molecule has 1 aromatic carbocycles. The number of amides is 1. The third kappa shape index (κ3) is 4.21. The fraction of sp³-hybridized carbons (Fsp3) is 0.357. The van der Waals surface area contributed by atoms with Crippen LogP contribution in [-0.2, 0) is 17.6 Å². The molecule has 100 valence electrons. The van der Waals surface area contributed by atoms with Crippen molar-refractivity contribution in [2.45, 2.75) is 26.7 Å². The Morgan fingerprint density at radius 3 is 2.63 bits per heavy atom. The molecule has 0 atom stereocenters. The molecular formula is C14H17N3O2. The molecule has 5 nitrogen and oxygen atoms in total. The summed E-state index contributed by atoms with van der Waals surface area (Å²) in [5, 5.41) is 6.61. The van der Waals surface area contributed by atoms with E-state index in [2.05, 4.69) is 15.5 Å². The number of hydrogen-bond acceptors (Lipinski definition) is 4. The van der Waals surface area contributed by atoms with Gasteiger partial charge < -0.3 is 9.84 Å². The lowest BCUT2D eigenvalue weighted by Crippen LogP contribution is -2.27. The Balaban J connectivity index is 1.74. The van der Waals surface area contributed by atoms with Crippen LogP contribution in [-0.4, -0.2) is 22.6 Å². The van der Waals surface area contributed by atoms with Crippen LogP contribution in [0.15, 0.2) is 28.8 Å². The first-order chi connectivity index (χ1) is 9.13. The van der Waals surface area contributed by atoms with E-state index in [4.69, 9.17) is 4.52 Å². The Kier molecular flexibility index (Phi) is 4.28. The van der Waals surface area contributed by atoms with Gasteiger partial charge in [0, 0.05) is 19.9 Å². The molecule has 0 saturated heterocycles. The first-order valence-corrected chi connectivity index (χ1v) is 6.25. The molecule has 1 heterocycles. The molecule has 1 aromatic heterocycles. The Hall–Kier alpha value is -2.17. The van der Waals surface area contributed by atoms with Crippen molar-refractivity contribution >= 4 is 5.91 Å². The number of nitrogens with one attached hydrogen (secondary N) is 1. The second kappa shape index (κ2) is 6.13. The lowest BCUT2D eigenvalue weighted by molar-refractivity contribution is -0.120. The van der Waals surface area contributed by atoms with Crippen LogP contribution < -0.4 is 5.32 Å². The molecule has 5 heteroatoms. The highest BCUT2D eigenvalue weighted by atomic mass is 16.5. The molecule has 0 aliphatic rings. The van der Waals surface area contributed by atoms with E-state index in [9.17, 15) is 4.79 Å². The molecule has 19 heavy (non-hydrogen) atoms. The maximum Gasteiger partial charge on any atom is 0.224 e. The van der Waals surface area contributed by atoms with Crippen molar-refractivity contribution in [1.29, 1.82) is 0 Å². The Morgan fingerprint density at radius 2 is 2.00 bits per heavy atom. The predicted molar refractivity (Wildman–Crippen MR) is 70.6 cm³/mol. The van der Waals surface area contributed by atoms with Gasteiger partial charge >= 0.3 is 0 Å². The molecule has 1 amide bonds. The minimum absolute atomic E-state index is 0.00377. The topological polar surface area (TPSA) is 68.0 Å². The van der Waals surface area contributed by atoms with Crippen molar-refractivity contribution in [3.05, 3.63) is 47.1 Å². The average Bonchev–Trinajstić information content (AvgIpc) is 2.78. The van der Waals surface area contributed by atoms with Crippen molar-refractivity contribution in [2.75, 3.05) is 6.54 Å². The number of carbonyl (C=O) groups excluding carboxylic acids is 1. The molecule has 0 fully saturated rings. The normalized spacial score (nSPS) is 10.4. The van der Waals surface area contributed by atoms with E-state index in [0.29, 0.717) is 31.1 Å². The fourth-order valence-corrected chi connectivity index (χ4v) is 1.71. The molecule has 0 spiro atoms. The molecule has 1 N–H and O–H groups in total. The lowest BCUT2D eigenvalue weighted by Gasteiger charge is -2.04. The van der Waals surface area contributed by atoms with Crippen LogP contribution in [0.5, 0.6) is 0 Å². The Labute approximate surface area is 112 Å². The smallest absolute Gasteiger partial charge is 0.224 e. The zero-order valence-electron chi connectivity index (χ0n) is 11.1. The van der Waals surface area contributed by atoms with Gasteiger partial charge in [0.05, 0.1) is 6.42 Å². The van der Waals surface area contributed by atoms with Gasteiger partial charge in [-0.25, -0.2) is 0 Å². The first kappa shape index (κ1) is 13.3. The van der Waals surface area contributed by atoms with Crippen LogP contribution >= 0.6 is 0 Å². The van der Waals surface area contributed by atoms with Gasteiger partial charge in [-0.05, 0) is 12.5 Å². The number of rotatable bonds is 5. The number of aryl methyl sites for hydroxylation is 2. The third-order valence-electron chi connectivity index (χ3n) is 2.73. The van der Waals surface area contributed by atoms with E-state index in [-0.39, 0.29) is 5.91 Å². The Morgan fingerprint density at radius 1 is 1.26 bits per heavy atom. The van der Waals surface area contributed by atoms with Gasteiger partial charge in [0.25, 0.3) is 0 Å². The van der Waals surface area contributed by atoms with E-state index in [1.54, 1.807) is 6.92 Å². The molecule has 0 unspecified atom stereocenters. The zero-order valence-corrected chi connectivity index (χ0v) is 11.1. The van der Waals surface area contributed by atoms with Gasteiger partial charge in [0.2, 0.25) is 11.8 Å². The zero-order chi connectivity index (χ0) is 13.7. The van der Waals surface area contributed by atoms with Crippen molar-refractivity contribution in [1.82, 2.24) is 15.5 Å². The standard InChI is InChI=1S/C14H17N3O2/c1-10-3-5-12(6-4-10)9-14(18)15-8-7-13-16-11(2)19-17-13/h3-6H,7-9H2,1-2H3,(H,15,18). The summed E-state index contributed by atoms with van der Waals surface area (Å²) in [5.41, 5.74) is 2.20. The predicted octanol–water partition coefficient (Wildman–Crippen LogP) is 1.59. The van der Waals surface area contributed by atoms with Gasteiger partial charge in [-0.1, -0.05) is 35.0 Å². The molecular weight excluding hydrogens is 242 g/mol. The molecule has 2 aromatic rings. The van der Waals surface area contributed by atoms with Crippen LogP contribution in [0.3, 0.4) is 0 Å². The number of hydrogen-bond donors (Lipinski definition) is 1. The third-order valence-corrected chi connectivity index (χ3v) is 2.73. The van der Waals surface area contributed by atoms with E-state index in [1.807, 2.05) is 31.2 Å². The first-order valence-electron chi connectivity index (χ1n) is 6.25. The second-order valence-corrected chi connectivity index (χ2v) is 4.49. The summed E-state index contributed by atoms with van der Waals surface area (Å²) in [6.07, 6.45) is 0.975. The largest absolute Gasteiger partial charge is 0.355 e. The molecule has 0 aliphatic carbocycles. The van der Waals surface area contributed by atoms with Gasteiger partial charge in [-0.3, -0.25) is 4.79 Å². The van der Waals surface area contributed by atoms with Crippen LogP contribution in [0.25, 0.3) is 0 Å². The minimum Gasteiger partial charge on any atom is -0.355 e. The van der Waals surface area contributed by atoms with Crippen molar-refractivity contribution in [3.63, 3.8) is 0 Å². The van der Waals surface area contributed by atoms with Gasteiger partial charge in [0.1, 0.15) is 0 Å². The maximum absolute atomic E-state index is 11.7. The van der Waals surface area contributed by atoms with Crippen LogP contribution in [0, 0.1) is 13.8 Å². The van der Waals surface area contributed by atoms with Crippen molar-refractivity contribution in [3.8, 4) is 0 Å². The van der Waals surface area contributed by atoms with Crippen LogP contribution in [0.1, 0.15) is 22.8 Å². The average molecular weight is 259 g/mol. The highest BCUT2D eigenvalue weighted by Gasteiger charge is 2.05. The quantitative estimate of drug-likeness (QED) is 0.885. The van der Waals surface area contributed by atoms with E-state index < -0.39 is 0 Å². The van der Waals surface area contributed by atoms with Crippen molar-refractivity contribution in [2.24, 2.45) is 0 Å². The maximum atomic E-state index is 11.7. The molecule has 2 rings (SSSR count). The van der Waals surface area contributed by atoms with Crippen LogP contribution in [0.2, 0.25) is 0 Å². The fourth-order valence-electron chi connectivity index (χ4n) is 1.71. The number of nitrogens with zero attached hydrogens (tertiary/aromatic N) is 2. The SMILES string of the molecule is Cc1ccc(CC(=O)NCCc2noc(C)n2)cc1. The molecule has 0 radical (unpaired) electrons. The van der Waals surface area contributed by atoms with E-state index in [1.165, 1.54) is 5.56 Å². The molecule has 0 aliphatic heterocycles. The number of benzene rings is 1. The van der Waals surface area contributed by atoms with Crippen LogP contribution in [0.4, 0.5) is 0 Å². The lowest BCUT2D eigenvalue weighted by atomic mass is 10.1. The second-order valence-electron chi connectivity index (χ2n) is 4.49. The monoisotopic (exact) mass is 259 g/mol. The van der Waals surface area contributed by atoms with Crippen molar-refractivity contribution < 1.29 is 9.32 Å². The summed E-state index contributed by atoms with van der Waals surface area (Å²) < 4.78 is 4.86. The summed E-state index contributed by atoms with van der Waals surface area (Å²) in [7, 11) is 0. The summed E-state index contributed by atoms with van der Waals surface area (Å²) in [6.45, 7) is 4.28. The van der Waals surface area contributed by atoms with Gasteiger partial charge in [-0.2, -0.15) is 4.98 Å². The molecule has 0 bridgehead atoms. The molecule has 0 saturated carbocycles. The minimum atomic E-state index is 0.00377. The highest BCUT2D eigenvalue weighted by Crippen LogP contribution is 2.03. The van der Waals surface area contributed by atoms with Gasteiger partial charge in [0.15, 0.2) is 5.82 Å². The van der Waals surface area contributed by atoms with Gasteiger partial charge in [-0.15, -0.1) is 0 Å². The summed E-state index contributed by atoms with van der Waals surface area (Å²) >= 11 is 0. The van der Waals surface area contributed by atoms with E-state index in [0.717, 1.165) is 5.56 Å². The number of aromatic nitrogens is 2. The number of carbonyl (C=O) groups is 1.